The van der Waals surface area contributed by atoms with Crippen LogP contribution < -0.4 is 11.2 Å². The third kappa shape index (κ3) is 1.95. The van der Waals surface area contributed by atoms with Crippen LogP contribution in [0.3, 0.4) is 0 Å². The smallest absolute Gasteiger partial charge is 0.271 e. The summed E-state index contributed by atoms with van der Waals surface area (Å²) < 4.78 is 1.37. The first-order valence-corrected chi connectivity index (χ1v) is 5.40. The Morgan fingerprint density at radius 2 is 2.21 bits per heavy atom. The van der Waals surface area contributed by atoms with Crippen molar-refractivity contribution in [3.63, 3.8) is 0 Å². The topological polar surface area (TPSA) is 112 Å². The Morgan fingerprint density at radius 1 is 1.32 bits per heavy atom. The maximum atomic E-state index is 12.0. The monoisotopic (exact) mass is 255 g/mol. The lowest BCUT2D eigenvalue weighted by atomic mass is 10.3. The molecule has 1 aromatic heterocycles. The molecule has 2 aliphatic rings. The van der Waals surface area contributed by atoms with Gasteiger partial charge >= 0.3 is 0 Å². The van der Waals surface area contributed by atoms with Crippen LogP contribution in [0, 0.1) is 0 Å². The van der Waals surface area contributed by atoms with E-state index < -0.39 is 0 Å². The van der Waals surface area contributed by atoms with E-state index in [0.717, 1.165) is 0 Å². The average molecular weight is 255 g/mol. The van der Waals surface area contributed by atoms with Crippen molar-refractivity contribution >= 4 is 11.7 Å². The molecule has 19 heavy (non-hydrogen) atoms. The van der Waals surface area contributed by atoms with Crippen LogP contribution in [0.1, 0.15) is 10.4 Å². The Morgan fingerprint density at radius 3 is 3.00 bits per heavy atom. The summed E-state index contributed by atoms with van der Waals surface area (Å²) in [6.07, 6.45) is 5.79. The minimum atomic E-state index is -0.325. The molecule has 0 aromatic carbocycles. The molecule has 0 unspecified atom stereocenters. The molecule has 0 radical (unpaired) electrons. The predicted octanol–water partition coefficient (Wildman–Crippen LogP) is 0.139. The van der Waals surface area contributed by atoms with Gasteiger partial charge in [0.05, 0.1) is 5.56 Å². The molecule has 2 aliphatic heterocycles. The highest BCUT2D eigenvalue weighted by Gasteiger charge is 2.16. The van der Waals surface area contributed by atoms with Gasteiger partial charge in [0.1, 0.15) is 12.7 Å². The summed E-state index contributed by atoms with van der Waals surface area (Å²) in [6, 6.07) is 3.33. The van der Waals surface area contributed by atoms with Crippen molar-refractivity contribution in [2.24, 2.45) is 0 Å². The number of hydrogen-bond acceptors (Lipinski definition) is 6. The van der Waals surface area contributed by atoms with Crippen LogP contribution >= 0.6 is 0 Å². The lowest BCUT2D eigenvalue weighted by Crippen LogP contribution is -2.25. The zero-order chi connectivity index (χ0) is 13.2. The van der Waals surface area contributed by atoms with E-state index in [9.17, 15) is 4.79 Å². The summed E-state index contributed by atoms with van der Waals surface area (Å²) in [5.41, 5.74) is 9.16. The van der Waals surface area contributed by atoms with Crippen molar-refractivity contribution in [2.75, 3.05) is 11.2 Å². The summed E-state index contributed by atoms with van der Waals surface area (Å²) in [4.78, 5) is 27.8. The maximum absolute atomic E-state index is 12.0. The van der Waals surface area contributed by atoms with Gasteiger partial charge < -0.3 is 5.73 Å². The van der Waals surface area contributed by atoms with E-state index in [1.807, 2.05) is 0 Å². The van der Waals surface area contributed by atoms with E-state index in [-0.39, 0.29) is 11.7 Å². The number of pyridine rings is 1. The highest BCUT2D eigenvalue weighted by molar-refractivity contribution is 5.99. The molecule has 0 atom stereocenters. The summed E-state index contributed by atoms with van der Waals surface area (Å²) in [5, 5.41) is 0. The second-order valence-electron chi connectivity index (χ2n) is 3.73. The zero-order valence-corrected chi connectivity index (χ0v) is 9.69. The quantitative estimate of drug-likeness (QED) is 0.673. The van der Waals surface area contributed by atoms with E-state index in [1.165, 1.54) is 23.5 Å². The Hall–Kier alpha value is -3.03. The molecular weight excluding hydrogens is 246 g/mol. The van der Waals surface area contributed by atoms with Gasteiger partial charge in [0.25, 0.3) is 5.91 Å². The Balaban J connectivity index is 1.93. The molecule has 0 aliphatic carbocycles. The molecule has 94 valence electrons. The number of hydrogen-bond donors (Lipinski definition) is 2. The molecule has 3 rings (SSSR count). The van der Waals surface area contributed by atoms with Gasteiger partial charge in [0.15, 0.2) is 17.3 Å². The molecule has 0 saturated heterocycles. The van der Waals surface area contributed by atoms with Crippen molar-refractivity contribution in [3.05, 3.63) is 42.7 Å². The second kappa shape index (κ2) is 4.33. The van der Waals surface area contributed by atoms with Crippen molar-refractivity contribution in [1.82, 2.24) is 24.6 Å². The molecule has 0 bridgehead atoms. The second-order valence-corrected chi connectivity index (χ2v) is 3.73. The third-order valence-corrected chi connectivity index (χ3v) is 2.51. The Kier molecular flexibility index (Phi) is 2.53. The predicted molar refractivity (Wildman–Crippen MR) is 66.8 cm³/mol. The van der Waals surface area contributed by atoms with Crippen molar-refractivity contribution < 1.29 is 4.79 Å². The molecule has 3 heterocycles. The number of carbonyl (C=O) groups is 1. The summed E-state index contributed by atoms with van der Waals surface area (Å²) in [5.74, 6) is 0.373. The number of nitrogens with two attached hydrogens (primary N) is 1. The molecule has 0 saturated carbocycles. The number of aromatic nitrogens is 5. The van der Waals surface area contributed by atoms with Gasteiger partial charge in [0.2, 0.25) is 0 Å². The maximum Gasteiger partial charge on any atom is 0.271 e. The number of nitrogens with zero attached hydrogens (tertiary/aromatic N) is 5. The SMILES string of the molecule is Nc1ncn(NC(=O)c2cccnc2)c2ncnc1-2. The van der Waals surface area contributed by atoms with Crippen LogP contribution in [0.15, 0.2) is 37.2 Å². The number of anilines is 1. The van der Waals surface area contributed by atoms with E-state index in [0.29, 0.717) is 17.1 Å². The van der Waals surface area contributed by atoms with Gasteiger partial charge in [-0.25, -0.2) is 19.6 Å². The van der Waals surface area contributed by atoms with E-state index in [1.54, 1.807) is 18.3 Å². The minimum absolute atomic E-state index is 0.263. The number of amides is 1. The van der Waals surface area contributed by atoms with Gasteiger partial charge in [-0.3, -0.25) is 15.2 Å². The molecule has 8 heteroatoms. The number of carbonyl (C=O) groups excluding carboxylic acids is 1. The van der Waals surface area contributed by atoms with E-state index in [4.69, 9.17) is 5.73 Å². The highest BCUT2D eigenvalue weighted by atomic mass is 16.2. The number of imidazole rings is 1. The van der Waals surface area contributed by atoms with Crippen molar-refractivity contribution in [1.29, 1.82) is 0 Å². The molecular formula is C11H9N7O. The van der Waals surface area contributed by atoms with Gasteiger partial charge in [-0.15, -0.1) is 0 Å². The van der Waals surface area contributed by atoms with Crippen molar-refractivity contribution in [3.8, 4) is 11.5 Å². The molecule has 0 fully saturated rings. The molecule has 3 N–H and O–H groups in total. The van der Waals surface area contributed by atoms with E-state index >= 15 is 0 Å². The molecule has 1 amide bonds. The fraction of sp³-hybridized carbons (Fsp3) is 0. The summed E-state index contributed by atoms with van der Waals surface area (Å²) in [7, 11) is 0. The average Bonchev–Trinajstić information content (AvgIpc) is 2.93. The third-order valence-electron chi connectivity index (χ3n) is 2.51. The van der Waals surface area contributed by atoms with Crippen LogP contribution in [0.5, 0.6) is 0 Å². The van der Waals surface area contributed by atoms with Crippen LogP contribution in [0.4, 0.5) is 5.82 Å². The van der Waals surface area contributed by atoms with Crippen LogP contribution in [0.2, 0.25) is 0 Å². The fourth-order valence-corrected chi connectivity index (χ4v) is 1.61. The number of rotatable bonds is 2. The standard InChI is InChI=1S/C11H9N7O/c12-9-8-10(15-5-14-8)18(6-16-9)17-11(19)7-2-1-3-13-4-7/h1-6H,12H2,(H,17,19). The summed E-state index contributed by atoms with van der Waals surface area (Å²) in [6.45, 7) is 0. The van der Waals surface area contributed by atoms with Crippen molar-refractivity contribution in [2.45, 2.75) is 0 Å². The van der Waals surface area contributed by atoms with Gasteiger partial charge in [-0.1, -0.05) is 0 Å². The minimum Gasteiger partial charge on any atom is -0.382 e. The Labute approximate surface area is 107 Å². The van der Waals surface area contributed by atoms with Crippen LogP contribution in [-0.2, 0) is 0 Å². The first-order valence-electron chi connectivity index (χ1n) is 5.40. The first-order chi connectivity index (χ1) is 9.25. The van der Waals surface area contributed by atoms with Crippen LogP contribution in [-0.4, -0.2) is 30.5 Å². The van der Waals surface area contributed by atoms with Crippen LogP contribution in [0.25, 0.3) is 11.5 Å². The zero-order valence-electron chi connectivity index (χ0n) is 9.69. The van der Waals surface area contributed by atoms with Gasteiger partial charge in [-0.2, -0.15) is 0 Å². The lowest BCUT2D eigenvalue weighted by molar-refractivity contribution is 0.101. The normalized spacial score (nSPS) is 10.5. The molecule has 1 aromatic rings. The molecule has 0 spiro atoms. The highest BCUT2D eigenvalue weighted by Crippen LogP contribution is 2.20. The molecule has 8 nitrogen and oxygen atoms in total. The number of fused-ring (bicyclic) bond motifs is 1. The number of nitrogen functional groups attached to an aromatic ring is 1. The first kappa shape index (κ1) is 11.1. The largest absolute Gasteiger partial charge is 0.382 e. The van der Waals surface area contributed by atoms with Gasteiger partial charge in [0, 0.05) is 12.4 Å². The van der Waals surface area contributed by atoms with Gasteiger partial charge in [-0.05, 0) is 12.1 Å². The number of nitrogens with one attached hydrogen (secondary N) is 1. The fourth-order valence-electron chi connectivity index (χ4n) is 1.61. The summed E-state index contributed by atoms with van der Waals surface area (Å²) >= 11 is 0. The lowest BCUT2D eigenvalue weighted by Gasteiger charge is -2.12. The van der Waals surface area contributed by atoms with E-state index in [2.05, 4.69) is 25.4 Å². The Bertz CT molecular complexity index is 694.